The van der Waals surface area contributed by atoms with Crippen molar-refractivity contribution >= 4 is 11.9 Å². The van der Waals surface area contributed by atoms with Crippen LogP contribution >= 0.6 is 0 Å². The van der Waals surface area contributed by atoms with Crippen molar-refractivity contribution in [1.29, 1.82) is 0 Å². The Labute approximate surface area is 153 Å². The van der Waals surface area contributed by atoms with E-state index in [4.69, 9.17) is 4.42 Å². The largest absolute Gasteiger partial charge is 0.408 e. The summed E-state index contributed by atoms with van der Waals surface area (Å²) in [5, 5.41) is 11.4. The van der Waals surface area contributed by atoms with Gasteiger partial charge in [0.2, 0.25) is 5.89 Å². The molecule has 26 heavy (non-hydrogen) atoms. The smallest absolute Gasteiger partial charge is 0.318 e. The maximum absolute atomic E-state index is 12.6. The van der Waals surface area contributed by atoms with E-state index < -0.39 is 0 Å². The number of carbonyl (C=O) groups is 1. The highest BCUT2D eigenvalue weighted by Gasteiger charge is 2.45. The number of aryl methyl sites for hydroxylation is 3. The molecule has 3 atom stereocenters. The van der Waals surface area contributed by atoms with Crippen LogP contribution in [-0.2, 0) is 12.8 Å². The molecule has 2 bridgehead atoms. The Morgan fingerprint density at radius 3 is 2.88 bits per heavy atom. The molecule has 1 aliphatic heterocycles. The van der Waals surface area contributed by atoms with Gasteiger partial charge in [-0.1, -0.05) is 17.6 Å². The number of rotatable bonds is 4. The highest BCUT2D eigenvalue weighted by molar-refractivity contribution is 5.94. The van der Waals surface area contributed by atoms with Gasteiger partial charge in [-0.2, -0.15) is 0 Å². The van der Waals surface area contributed by atoms with Crippen LogP contribution in [0.15, 0.2) is 22.6 Å². The third-order valence-corrected chi connectivity index (χ3v) is 6.40. The second-order valence-corrected chi connectivity index (χ2v) is 7.87. The first kappa shape index (κ1) is 15.9. The fourth-order valence-electron chi connectivity index (χ4n) is 4.91. The quantitative estimate of drug-likeness (QED) is 0.915. The number of amides is 1. The molecule has 1 aromatic heterocycles. The van der Waals surface area contributed by atoms with Crippen LogP contribution in [0.1, 0.15) is 46.6 Å². The lowest BCUT2D eigenvalue weighted by atomic mass is 9.79. The van der Waals surface area contributed by atoms with Crippen LogP contribution < -0.4 is 10.2 Å². The molecule has 6 nitrogen and oxygen atoms in total. The van der Waals surface area contributed by atoms with Crippen LogP contribution in [0.2, 0.25) is 0 Å². The van der Waals surface area contributed by atoms with E-state index in [0.717, 1.165) is 37.9 Å². The molecule has 6 heteroatoms. The van der Waals surface area contributed by atoms with Gasteiger partial charge in [-0.25, -0.2) is 0 Å². The van der Waals surface area contributed by atoms with Crippen molar-refractivity contribution in [3.05, 3.63) is 40.8 Å². The van der Waals surface area contributed by atoms with Crippen molar-refractivity contribution in [3.8, 4) is 0 Å². The molecule has 1 saturated heterocycles. The molecule has 136 valence electrons. The summed E-state index contributed by atoms with van der Waals surface area (Å²) in [6.45, 7) is 3.49. The van der Waals surface area contributed by atoms with Gasteiger partial charge in [0.15, 0.2) is 0 Å². The first-order valence-electron chi connectivity index (χ1n) is 9.66. The van der Waals surface area contributed by atoms with Crippen molar-refractivity contribution in [2.45, 2.75) is 45.1 Å². The number of carbonyl (C=O) groups excluding carboxylic acids is 1. The maximum atomic E-state index is 12.6. The van der Waals surface area contributed by atoms with Crippen LogP contribution in [0.4, 0.5) is 6.01 Å². The van der Waals surface area contributed by atoms with Gasteiger partial charge in [-0.05, 0) is 54.9 Å². The number of hydrogen-bond donors (Lipinski definition) is 1. The molecule has 3 aliphatic rings. The molecule has 1 N–H and O–H groups in total. The lowest BCUT2D eigenvalue weighted by Crippen LogP contribution is -2.41. The highest BCUT2D eigenvalue weighted by atomic mass is 16.4. The molecule has 0 spiro atoms. The molecular weight excluding hydrogens is 328 g/mol. The van der Waals surface area contributed by atoms with Gasteiger partial charge in [-0.15, -0.1) is 5.10 Å². The first-order valence-corrected chi connectivity index (χ1v) is 9.66. The molecule has 3 unspecified atom stereocenters. The fraction of sp³-hybridized carbons (Fsp3) is 0.550. The summed E-state index contributed by atoms with van der Waals surface area (Å²) in [7, 11) is 0. The minimum absolute atomic E-state index is 0.0462. The topological polar surface area (TPSA) is 71.3 Å². The number of aromatic nitrogens is 2. The summed E-state index contributed by atoms with van der Waals surface area (Å²) >= 11 is 0. The lowest BCUT2D eigenvalue weighted by molar-refractivity contribution is 0.0938. The van der Waals surface area contributed by atoms with E-state index in [1.165, 1.54) is 24.0 Å². The minimum atomic E-state index is 0.0462. The van der Waals surface area contributed by atoms with E-state index >= 15 is 0 Å². The first-order chi connectivity index (χ1) is 12.7. The summed E-state index contributed by atoms with van der Waals surface area (Å²) in [5.74, 6) is 1.68. The zero-order valence-corrected chi connectivity index (χ0v) is 15.1. The van der Waals surface area contributed by atoms with Crippen molar-refractivity contribution in [3.63, 3.8) is 0 Å². The fourth-order valence-corrected chi connectivity index (χ4v) is 4.91. The lowest BCUT2D eigenvalue weighted by Gasteiger charge is -2.31. The molecule has 5 rings (SSSR count). The number of fused-ring (bicyclic) bond motifs is 3. The van der Waals surface area contributed by atoms with Crippen molar-refractivity contribution in [2.24, 2.45) is 11.8 Å². The summed E-state index contributed by atoms with van der Waals surface area (Å²) in [5.41, 5.74) is 3.50. The maximum Gasteiger partial charge on any atom is 0.318 e. The second kappa shape index (κ2) is 6.11. The van der Waals surface area contributed by atoms with E-state index in [-0.39, 0.29) is 5.91 Å². The summed E-state index contributed by atoms with van der Waals surface area (Å²) in [6, 6.07) is 7.12. The molecule has 1 aromatic carbocycles. The van der Waals surface area contributed by atoms with Gasteiger partial charge in [0.05, 0.1) is 0 Å². The van der Waals surface area contributed by atoms with Crippen molar-refractivity contribution in [2.75, 3.05) is 18.0 Å². The molecule has 2 aliphatic carbocycles. The average Bonchev–Trinajstić information content (AvgIpc) is 3.11. The summed E-state index contributed by atoms with van der Waals surface area (Å²) < 4.78 is 5.67. The Bertz CT molecular complexity index is 846. The Hall–Kier alpha value is -2.37. The number of anilines is 1. The average molecular weight is 352 g/mol. The van der Waals surface area contributed by atoms with Gasteiger partial charge in [0, 0.05) is 37.5 Å². The van der Waals surface area contributed by atoms with E-state index in [0.29, 0.717) is 29.8 Å². The van der Waals surface area contributed by atoms with Crippen LogP contribution in [0.3, 0.4) is 0 Å². The van der Waals surface area contributed by atoms with Crippen LogP contribution in [0.5, 0.6) is 0 Å². The van der Waals surface area contributed by atoms with Crippen LogP contribution in [0, 0.1) is 18.8 Å². The predicted molar refractivity (Wildman–Crippen MR) is 97.2 cm³/mol. The number of nitrogens with zero attached hydrogens (tertiary/aromatic N) is 3. The van der Waals surface area contributed by atoms with Crippen LogP contribution in [0.25, 0.3) is 0 Å². The molecule has 2 aromatic rings. The molecule has 0 radical (unpaired) electrons. The van der Waals surface area contributed by atoms with Gasteiger partial charge >= 0.3 is 6.01 Å². The molecular formula is C20H24N4O2. The summed E-state index contributed by atoms with van der Waals surface area (Å²) in [6.07, 6.45) is 5.81. The van der Waals surface area contributed by atoms with Gasteiger partial charge in [0.25, 0.3) is 5.91 Å². The third kappa shape index (κ3) is 2.59. The Morgan fingerprint density at radius 2 is 2.15 bits per heavy atom. The van der Waals surface area contributed by atoms with Crippen molar-refractivity contribution < 1.29 is 9.21 Å². The summed E-state index contributed by atoms with van der Waals surface area (Å²) in [4.78, 5) is 14.9. The van der Waals surface area contributed by atoms with Gasteiger partial charge in [0.1, 0.15) is 0 Å². The predicted octanol–water partition coefficient (Wildman–Crippen LogP) is 2.51. The van der Waals surface area contributed by atoms with E-state index in [1.807, 2.05) is 13.0 Å². The number of benzene rings is 1. The number of nitrogens with one attached hydrogen (secondary N) is 1. The Balaban J connectivity index is 1.27. The van der Waals surface area contributed by atoms with E-state index in [1.54, 1.807) is 0 Å². The molecule has 2 fully saturated rings. The zero-order valence-electron chi connectivity index (χ0n) is 15.1. The zero-order chi connectivity index (χ0) is 17.7. The second-order valence-electron chi connectivity index (χ2n) is 7.87. The van der Waals surface area contributed by atoms with Crippen molar-refractivity contribution in [1.82, 2.24) is 15.5 Å². The van der Waals surface area contributed by atoms with Gasteiger partial charge < -0.3 is 14.6 Å². The SMILES string of the molecule is Cc1nnc(N2CC3CCCC2C3CNC(=O)c2ccc3c(c2)CC3)o1. The normalized spacial score (nSPS) is 26.3. The molecule has 2 heterocycles. The van der Waals surface area contributed by atoms with E-state index in [2.05, 4.69) is 32.5 Å². The monoisotopic (exact) mass is 352 g/mol. The minimum Gasteiger partial charge on any atom is -0.408 e. The molecule has 1 amide bonds. The highest BCUT2D eigenvalue weighted by Crippen LogP contribution is 2.42. The standard InChI is InChI=1S/C20H24N4O2/c1-12-22-23-20(26-12)24-11-16-3-2-4-18(24)17(16)10-21-19(25)15-8-6-13-5-7-14(13)9-15/h6,8-9,16-18H,2-5,7,10-11H2,1H3,(H,21,25). The number of hydrogen-bond acceptors (Lipinski definition) is 5. The van der Waals surface area contributed by atoms with Crippen LogP contribution in [-0.4, -0.2) is 35.2 Å². The molecule has 1 saturated carbocycles. The third-order valence-electron chi connectivity index (χ3n) is 6.40. The Kier molecular flexibility index (Phi) is 3.72. The van der Waals surface area contributed by atoms with E-state index in [9.17, 15) is 4.79 Å². The Morgan fingerprint density at radius 1 is 1.27 bits per heavy atom. The van der Waals surface area contributed by atoms with Gasteiger partial charge in [-0.3, -0.25) is 4.79 Å².